The lowest BCUT2D eigenvalue weighted by atomic mass is 9.96. The summed E-state index contributed by atoms with van der Waals surface area (Å²) >= 11 is 0. The zero-order chi connectivity index (χ0) is 18.5. The summed E-state index contributed by atoms with van der Waals surface area (Å²) in [5, 5.41) is 3.85. The van der Waals surface area contributed by atoms with E-state index in [9.17, 15) is 4.79 Å². The summed E-state index contributed by atoms with van der Waals surface area (Å²) in [4.78, 5) is 19.0. The highest BCUT2D eigenvalue weighted by molar-refractivity contribution is 5.94. The number of likely N-dealkylation sites (tertiary alicyclic amines) is 1. The molecule has 2 atom stereocenters. The molecule has 1 aliphatic rings. The summed E-state index contributed by atoms with van der Waals surface area (Å²) in [7, 11) is 0. The highest BCUT2D eigenvalue weighted by Crippen LogP contribution is 2.22. The summed E-state index contributed by atoms with van der Waals surface area (Å²) in [6, 6.07) is 7.25. The maximum absolute atomic E-state index is 12.8. The Morgan fingerprint density at radius 3 is 2.74 bits per heavy atom. The van der Waals surface area contributed by atoms with Gasteiger partial charge in [0.15, 0.2) is 6.61 Å². The van der Waals surface area contributed by atoms with Crippen molar-refractivity contribution in [3.8, 4) is 5.75 Å². The van der Waals surface area contributed by atoms with Gasteiger partial charge in [0, 0.05) is 30.6 Å². The van der Waals surface area contributed by atoms with Gasteiger partial charge < -0.3 is 19.9 Å². The SMILES string of the molecule is CCc1nc(COc2ccc(C(=O)N3CCCCC3C(C)N)cc2)no1.Cl. The predicted octanol–water partition coefficient (Wildman–Crippen LogP) is 2.97. The van der Waals surface area contributed by atoms with Gasteiger partial charge >= 0.3 is 0 Å². The number of hydrogen-bond acceptors (Lipinski definition) is 6. The minimum atomic E-state index is -0.0233. The van der Waals surface area contributed by atoms with Crippen molar-refractivity contribution in [2.24, 2.45) is 5.73 Å². The molecule has 1 aromatic carbocycles. The van der Waals surface area contributed by atoms with Crippen LogP contribution in [0, 0.1) is 0 Å². The van der Waals surface area contributed by atoms with Crippen LogP contribution in [0.2, 0.25) is 0 Å². The molecule has 148 valence electrons. The van der Waals surface area contributed by atoms with Gasteiger partial charge in [-0.3, -0.25) is 4.79 Å². The average molecular weight is 395 g/mol. The molecular weight excluding hydrogens is 368 g/mol. The molecule has 2 N–H and O–H groups in total. The standard InChI is InChI=1S/C19H26N4O3.ClH/c1-3-18-21-17(22-26-18)12-25-15-9-7-14(8-10-15)19(24)23-11-5-4-6-16(23)13(2)20;/h7-10,13,16H,3-6,11-12,20H2,1-2H3;1H. The van der Waals surface area contributed by atoms with Crippen molar-refractivity contribution >= 4 is 18.3 Å². The summed E-state index contributed by atoms with van der Waals surface area (Å²) in [5.74, 6) is 1.79. The molecule has 0 spiro atoms. The molecule has 3 rings (SSSR count). The Hall–Kier alpha value is -2.12. The second-order valence-electron chi connectivity index (χ2n) is 6.69. The third-order valence-corrected chi connectivity index (χ3v) is 4.70. The van der Waals surface area contributed by atoms with Crippen LogP contribution >= 0.6 is 12.4 Å². The first kappa shape index (κ1) is 21.2. The van der Waals surface area contributed by atoms with Gasteiger partial charge in [-0.05, 0) is 50.5 Å². The number of aryl methyl sites for hydroxylation is 1. The number of halogens is 1. The highest BCUT2D eigenvalue weighted by atomic mass is 35.5. The van der Waals surface area contributed by atoms with Crippen LogP contribution in [0.3, 0.4) is 0 Å². The fraction of sp³-hybridized carbons (Fsp3) is 0.526. The summed E-state index contributed by atoms with van der Waals surface area (Å²) in [6.07, 6.45) is 3.82. The van der Waals surface area contributed by atoms with Gasteiger partial charge in [0.1, 0.15) is 5.75 Å². The van der Waals surface area contributed by atoms with E-state index < -0.39 is 0 Å². The molecule has 0 radical (unpaired) electrons. The lowest BCUT2D eigenvalue weighted by Crippen LogP contribution is -2.51. The number of aromatic nitrogens is 2. The number of rotatable bonds is 6. The van der Waals surface area contributed by atoms with E-state index in [0.717, 1.165) is 25.8 Å². The number of hydrogen-bond donors (Lipinski definition) is 1. The normalized spacial score (nSPS) is 17.9. The fourth-order valence-electron chi connectivity index (χ4n) is 3.26. The van der Waals surface area contributed by atoms with Gasteiger partial charge in [-0.25, -0.2) is 0 Å². The molecule has 0 aliphatic carbocycles. The molecule has 7 nitrogen and oxygen atoms in total. The average Bonchev–Trinajstić information content (AvgIpc) is 3.14. The second kappa shape index (κ2) is 9.71. The second-order valence-corrected chi connectivity index (χ2v) is 6.69. The first-order chi connectivity index (χ1) is 12.6. The smallest absolute Gasteiger partial charge is 0.254 e. The molecule has 1 aromatic heterocycles. The lowest BCUT2D eigenvalue weighted by Gasteiger charge is -2.38. The predicted molar refractivity (Wildman–Crippen MR) is 104 cm³/mol. The van der Waals surface area contributed by atoms with E-state index in [1.54, 1.807) is 24.3 Å². The van der Waals surface area contributed by atoms with Crippen molar-refractivity contribution in [2.75, 3.05) is 6.54 Å². The topological polar surface area (TPSA) is 94.5 Å². The van der Waals surface area contributed by atoms with Gasteiger partial charge in [-0.2, -0.15) is 4.98 Å². The van der Waals surface area contributed by atoms with Crippen molar-refractivity contribution in [1.29, 1.82) is 0 Å². The highest BCUT2D eigenvalue weighted by Gasteiger charge is 2.29. The monoisotopic (exact) mass is 394 g/mol. The van der Waals surface area contributed by atoms with Gasteiger partial charge in [-0.1, -0.05) is 12.1 Å². The molecule has 1 aliphatic heterocycles. The minimum Gasteiger partial charge on any atom is -0.485 e. The van der Waals surface area contributed by atoms with Crippen LogP contribution in [0.1, 0.15) is 55.2 Å². The van der Waals surface area contributed by atoms with E-state index in [2.05, 4.69) is 10.1 Å². The number of carbonyl (C=O) groups excluding carboxylic acids is 1. The number of benzene rings is 1. The molecule has 1 saturated heterocycles. The van der Waals surface area contributed by atoms with Crippen molar-refractivity contribution in [1.82, 2.24) is 15.0 Å². The van der Waals surface area contributed by atoms with Crippen LogP contribution in [-0.2, 0) is 13.0 Å². The minimum absolute atomic E-state index is 0. The number of carbonyl (C=O) groups is 1. The van der Waals surface area contributed by atoms with Gasteiger partial charge in [0.05, 0.1) is 0 Å². The fourth-order valence-corrected chi connectivity index (χ4v) is 3.26. The molecule has 1 fully saturated rings. The number of nitrogens with zero attached hydrogens (tertiary/aromatic N) is 3. The number of ether oxygens (including phenoxy) is 1. The van der Waals surface area contributed by atoms with Crippen molar-refractivity contribution in [3.05, 3.63) is 41.5 Å². The summed E-state index contributed by atoms with van der Waals surface area (Å²) in [6.45, 7) is 4.91. The van der Waals surface area contributed by atoms with Crippen LogP contribution in [0.25, 0.3) is 0 Å². The Balaban J connectivity index is 0.00000261. The Kier molecular flexibility index (Phi) is 7.62. The molecule has 2 aromatic rings. The third kappa shape index (κ3) is 5.20. The molecule has 2 unspecified atom stereocenters. The molecule has 0 bridgehead atoms. The molecule has 0 saturated carbocycles. The van der Waals surface area contributed by atoms with E-state index in [1.807, 2.05) is 18.7 Å². The van der Waals surface area contributed by atoms with Crippen LogP contribution in [0.5, 0.6) is 5.75 Å². The number of piperidine rings is 1. The zero-order valence-electron chi connectivity index (χ0n) is 15.8. The molecule has 1 amide bonds. The van der Waals surface area contributed by atoms with Gasteiger partial charge in [0.2, 0.25) is 11.7 Å². The molecular formula is C19H27ClN4O3. The third-order valence-electron chi connectivity index (χ3n) is 4.70. The van der Waals surface area contributed by atoms with Crippen LogP contribution in [-0.4, -0.2) is 39.6 Å². The number of nitrogens with two attached hydrogens (primary N) is 1. The number of amides is 1. The largest absolute Gasteiger partial charge is 0.485 e. The van der Waals surface area contributed by atoms with E-state index in [1.165, 1.54) is 0 Å². The Morgan fingerprint density at radius 1 is 1.37 bits per heavy atom. The first-order valence-corrected chi connectivity index (χ1v) is 9.19. The van der Waals surface area contributed by atoms with Crippen molar-refractivity contribution in [2.45, 2.75) is 58.2 Å². The van der Waals surface area contributed by atoms with Crippen molar-refractivity contribution < 1.29 is 14.1 Å². The van der Waals surface area contributed by atoms with Crippen molar-refractivity contribution in [3.63, 3.8) is 0 Å². The Bertz CT molecular complexity index is 733. The Morgan fingerprint density at radius 2 is 2.11 bits per heavy atom. The van der Waals surface area contributed by atoms with Crippen LogP contribution in [0.4, 0.5) is 0 Å². The quantitative estimate of drug-likeness (QED) is 0.809. The van der Waals surface area contributed by atoms with E-state index in [4.69, 9.17) is 15.0 Å². The van der Waals surface area contributed by atoms with Gasteiger partial charge in [0.25, 0.3) is 5.91 Å². The van der Waals surface area contributed by atoms with E-state index >= 15 is 0 Å². The summed E-state index contributed by atoms with van der Waals surface area (Å²) < 4.78 is 10.7. The molecule has 2 heterocycles. The lowest BCUT2D eigenvalue weighted by molar-refractivity contribution is 0.0584. The van der Waals surface area contributed by atoms with Crippen LogP contribution in [0.15, 0.2) is 28.8 Å². The van der Waals surface area contributed by atoms with Gasteiger partial charge in [-0.15, -0.1) is 12.4 Å². The van der Waals surface area contributed by atoms with E-state index in [0.29, 0.717) is 29.4 Å². The molecule has 8 heteroatoms. The zero-order valence-corrected chi connectivity index (χ0v) is 16.6. The Labute approximate surface area is 165 Å². The maximum atomic E-state index is 12.8. The van der Waals surface area contributed by atoms with E-state index in [-0.39, 0.29) is 37.0 Å². The van der Waals surface area contributed by atoms with Crippen LogP contribution < -0.4 is 10.5 Å². The first-order valence-electron chi connectivity index (χ1n) is 9.19. The molecule has 27 heavy (non-hydrogen) atoms. The summed E-state index contributed by atoms with van der Waals surface area (Å²) in [5.41, 5.74) is 6.72. The maximum Gasteiger partial charge on any atom is 0.254 e.